The number of carbonyl (C=O) groups excluding carboxylic acids is 1. The molecule has 0 spiro atoms. The molecule has 0 radical (unpaired) electrons. The fraction of sp³-hybridized carbons (Fsp3) is 0.143. The predicted molar refractivity (Wildman–Crippen MR) is 75.9 cm³/mol. The van der Waals surface area contributed by atoms with E-state index >= 15 is 0 Å². The maximum Gasteiger partial charge on any atom is 0.248 e. The molecular weight excluding hydrogens is 278 g/mol. The predicted octanol–water partition coefficient (Wildman–Crippen LogP) is 2.47. The number of imidazole rings is 1. The van der Waals surface area contributed by atoms with Crippen molar-refractivity contribution in [3.63, 3.8) is 0 Å². The number of carbonyl (C=O) groups is 1. The first-order valence-electron chi connectivity index (χ1n) is 6.13. The first kappa shape index (κ1) is 12.9. The lowest BCUT2D eigenvalue weighted by atomic mass is 10.2. The highest BCUT2D eigenvalue weighted by Gasteiger charge is 2.18. The Morgan fingerprint density at radius 3 is 3.05 bits per heavy atom. The average molecular weight is 290 g/mol. The summed E-state index contributed by atoms with van der Waals surface area (Å²) < 4.78 is 7.30. The molecule has 20 heavy (non-hydrogen) atoms. The maximum atomic E-state index is 12.3. The van der Waals surface area contributed by atoms with Crippen LogP contribution in [0.25, 0.3) is 11.0 Å². The molecule has 0 bridgehead atoms. The van der Waals surface area contributed by atoms with Gasteiger partial charge in [0.15, 0.2) is 11.3 Å². The van der Waals surface area contributed by atoms with Crippen LogP contribution >= 0.6 is 11.6 Å². The number of hydrogen-bond acceptors (Lipinski definition) is 4. The number of aromatic nitrogens is 2. The number of benzene rings is 1. The highest BCUT2D eigenvalue weighted by atomic mass is 35.5. The van der Waals surface area contributed by atoms with Crippen molar-refractivity contribution in [1.29, 1.82) is 0 Å². The Labute approximate surface area is 120 Å². The number of nitrogens with zero attached hydrogens (tertiary/aromatic N) is 2. The number of para-hydroxylation sites is 1. The van der Waals surface area contributed by atoms with E-state index in [2.05, 4.69) is 4.98 Å². The van der Waals surface area contributed by atoms with Gasteiger partial charge in [-0.25, -0.2) is 4.98 Å². The number of rotatable bonds is 4. The van der Waals surface area contributed by atoms with E-state index in [9.17, 15) is 4.79 Å². The van der Waals surface area contributed by atoms with Crippen molar-refractivity contribution in [1.82, 2.24) is 9.55 Å². The van der Waals surface area contributed by atoms with Crippen molar-refractivity contribution in [2.45, 2.75) is 6.54 Å². The molecule has 2 aromatic heterocycles. The lowest BCUT2D eigenvalue weighted by Crippen LogP contribution is -2.08. The number of nitrogens with two attached hydrogens (primary N) is 1. The number of hydrogen-bond donors (Lipinski definition) is 1. The van der Waals surface area contributed by atoms with Gasteiger partial charge in [0.2, 0.25) is 5.78 Å². The summed E-state index contributed by atoms with van der Waals surface area (Å²) in [5.74, 6) is -0.0425. The second-order valence-corrected chi connectivity index (χ2v) is 4.79. The largest absolute Gasteiger partial charge is 0.451 e. The lowest BCUT2D eigenvalue weighted by molar-refractivity contribution is 0.101. The van der Waals surface area contributed by atoms with Crippen LogP contribution in [0.2, 0.25) is 5.02 Å². The molecule has 1 aromatic carbocycles. The van der Waals surface area contributed by atoms with Crippen LogP contribution in [0.4, 0.5) is 0 Å². The van der Waals surface area contributed by atoms with Crippen molar-refractivity contribution in [3.05, 3.63) is 53.3 Å². The smallest absolute Gasteiger partial charge is 0.248 e. The summed E-state index contributed by atoms with van der Waals surface area (Å²) in [4.78, 5) is 16.4. The Kier molecular flexibility index (Phi) is 3.30. The van der Waals surface area contributed by atoms with Crippen LogP contribution in [0.15, 0.2) is 41.2 Å². The van der Waals surface area contributed by atoms with Gasteiger partial charge in [-0.3, -0.25) is 4.79 Å². The molecule has 0 aliphatic heterocycles. The molecule has 6 heteroatoms. The molecule has 0 amide bonds. The van der Waals surface area contributed by atoms with Crippen molar-refractivity contribution in [2.75, 3.05) is 6.54 Å². The molecule has 2 N–H and O–H groups in total. The summed E-state index contributed by atoms with van der Waals surface area (Å²) in [6.07, 6.45) is 3.24. The molecule has 0 fully saturated rings. The zero-order chi connectivity index (χ0) is 14.1. The first-order chi connectivity index (χ1) is 9.69. The highest BCUT2D eigenvalue weighted by Crippen LogP contribution is 2.27. The van der Waals surface area contributed by atoms with Crippen LogP contribution in [-0.4, -0.2) is 21.9 Å². The first-order valence-corrected chi connectivity index (χ1v) is 6.51. The van der Waals surface area contributed by atoms with Gasteiger partial charge in [0.05, 0.1) is 11.3 Å². The van der Waals surface area contributed by atoms with Crippen LogP contribution < -0.4 is 5.73 Å². The summed E-state index contributed by atoms with van der Waals surface area (Å²) in [5.41, 5.74) is 6.30. The third-order valence-corrected chi connectivity index (χ3v) is 3.27. The van der Waals surface area contributed by atoms with E-state index in [0.717, 1.165) is 5.39 Å². The molecule has 2 heterocycles. The zero-order valence-electron chi connectivity index (χ0n) is 10.5. The second kappa shape index (κ2) is 5.11. The van der Waals surface area contributed by atoms with E-state index in [-0.39, 0.29) is 11.5 Å². The van der Waals surface area contributed by atoms with Gasteiger partial charge in [-0.1, -0.05) is 23.7 Å². The van der Waals surface area contributed by atoms with E-state index < -0.39 is 0 Å². The average Bonchev–Trinajstić information content (AvgIpc) is 3.05. The minimum absolute atomic E-state index is 0.228. The molecular formula is C14H12ClN3O2. The normalized spacial score (nSPS) is 11.1. The van der Waals surface area contributed by atoms with E-state index in [4.69, 9.17) is 21.8 Å². The highest BCUT2D eigenvalue weighted by molar-refractivity contribution is 6.35. The molecule has 0 aliphatic rings. The number of halogens is 1. The Hall–Kier alpha value is -2.11. The minimum Gasteiger partial charge on any atom is -0.451 e. The molecule has 0 saturated carbocycles. The quantitative estimate of drug-likeness (QED) is 0.749. The SMILES string of the molecule is NCCn1cnc(C(=O)c2cc3cccc(Cl)c3o2)c1. The zero-order valence-corrected chi connectivity index (χ0v) is 11.3. The number of furan rings is 1. The molecule has 3 aromatic rings. The fourth-order valence-electron chi connectivity index (χ4n) is 2.01. The Bertz CT molecular complexity index is 776. The molecule has 0 atom stereocenters. The fourth-order valence-corrected chi connectivity index (χ4v) is 2.23. The summed E-state index contributed by atoms with van der Waals surface area (Å²) in [5, 5.41) is 1.28. The van der Waals surface area contributed by atoms with Gasteiger partial charge in [0.1, 0.15) is 5.69 Å². The molecule has 3 rings (SSSR count). The minimum atomic E-state index is -0.270. The molecule has 0 unspecified atom stereocenters. The summed E-state index contributed by atoms with van der Waals surface area (Å²) >= 11 is 6.03. The maximum absolute atomic E-state index is 12.3. The second-order valence-electron chi connectivity index (χ2n) is 4.38. The van der Waals surface area contributed by atoms with Gasteiger partial charge < -0.3 is 14.7 Å². The van der Waals surface area contributed by atoms with Gasteiger partial charge in [-0.2, -0.15) is 0 Å². The third kappa shape index (κ3) is 2.21. The van der Waals surface area contributed by atoms with Gasteiger partial charge in [-0.15, -0.1) is 0 Å². The molecule has 5 nitrogen and oxygen atoms in total. The van der Waals surface area contributed by atoms with Crippen LogP contribution in [0.3, 0.4) is 0 Å². The van der Waals surface area contributed by atoms with Crippen molar-refractivity contribution < 1.29 is 9.21 Å². The van der Waals surface area contributed by atoms with E-state index in [0.29, 0.717) is 29.4 Å². The van der Waals surface area contributed by atoms with Gasteiger partial charge in [0.25, 0.3) is 0 Å². The van der Waals surface area contributed by atoms with Crippen molar-refractivity contribution in [2.24, 2.45) is 5.73 Å². The van der Waals surface area contributed by atoms with Crippen LogP contribution in [0, 0.1) is 0 Å². The summed E-state index contributed by atoms with van der Waals surface area (Å²) in [6.45, 7) is 1.11. The van der Waals surface area contributed by atoms with E-state index in [1.54, 1.807) is 29.2 Å². The van der Waals surface area contributed by atoms with Gasteiger partial charge in [0, 0.05) is 24.7 Å². The van der Waals surface area contributed by atoms with Crippen molar-refractivity contribution in [3.8, 4) is 0 Å². The van der Waals surface area contributed by atoms with Crippen LogP contribution in [0.5, 0.6) is 0 Å². The van der Waals surface area contributed by atoms with Crippen molar-refractivity contribution >= 4 is 28.4 Å². The Morgan fingerprint density at radius 2 is 2.30 bits per heavy atom. The molecule has 102 valence electrons. The number of fused-ring (bicyclic) bond motifs is 1. The third-order valence-electron chi connectivity index (χ3n) is 2.97. The topological polar surface area (TPSA) is 74.1 Å². The van der Waals surface area contributed by atoms with Gasteiger partial charge in [-0.05, 0) is 12.1 Å². The number of ketones is 1. The summed E-state index contributed by atoms with van der Waals surface area (Å²) in [6, 6.07) is 7.04. The van der Waals surface area contributed by atoms with Gasteiger partial charge >= 0.3 is 0 Å². The van der Waals surface area contributed by atoms with Crippen LogP contribution in [-0.2, 0) is 6.54 Å². The molecule has 0 saturated heterocycles. The lowest BCUT2D eigenvalue weighted by Gasteiger charge is -1.95. The summed E-state index contributed by atoms with van der Waals surface area (Å²) in [7, 11) is 0. The molecule has 0 aliphatic carbocycles. The Morgan fingerprint density at radius 1 is 1.45 bits per heavy atom. The van der Waals surface area contributed by atoms with E-state index in [1.165, 1.54) is 0 Å². The standard InChI is InChI=1S/C14H12ClN3O2/c15-10-3-1-2-9-6-12(20-14(9)10)13(19)11-7-18(5-4-16)8-17-11/h1-3,6-8H,4-5,16H2. The van der Waals surface area contributed by atoms with E-state index in [1.807, 2.05) is 12.1 Å². The Balaban J connectivity index is 1.97. The van der Waals surface area contributed by atoms with Crippen LogP contribution in [0.1, 0.15) is 16.2 Å². The monoisotopic (exact) mass is 289 g/mol.